The van der Waals surface area contributed by atoms with Crippen molar-refractivity contribution >= 4 is 46.4 Å². The van der Waals surface area contributed by atoms with Crippen molar-refractivity contribution < 1.29 is 29.4 Å². The molecule has 0 aliphatic heterocycles. The number of aliphatic carboxylic acids is 1. The molecule has 1 heterocycles. The number of carbonyl (C=O) groups excluding carboxylic acids is 3. The maximum Gasteiger partial charge on any atom is 0.326 e. The molecule has 1 aromatic carbocycles. The molecular formula is C22H31N5O6S. The first kappa shape index (κ1) is 27.2. The zero-order valence-corrected chi connectivity index (χ0v) is 19.9. The molecule has 4 atom stereocenters. The van der Waals surface area contributed by atoms with Gasteiger partial charge in [-0.05, 0) is 37.0 Å². The van der Waals surface area contributed by atoms with Gasteiger partial charge in [-0.15, -0.1) is 0 Å². The second-order valence-corrected chi connectivity index (χ2v) is 8.81. The average molecular weight is 494 g/mol. The van der Waals surface area contributed by atoms with Crippen LogP contribution >= 0.6 is 11.8 Å². The van der Waals surface area contributed by atoms with Crippen molar-refractivity contribution in [3.63, 3.8) is 0 Å². The van der Waals surface area contributed by atoms with Gasteiger partial charge in [-0.1, -0.05) is 18.2 Å². The number of benzene rings is 1. The third-order valence-electron chi connectivity index (χ3n) is 5.24. The predicted octanol–water partition coefficient (Wildman–Crippen LogP) is -0.658. The van der Waals surface area contributed by atoms with Crippen LogP contribution in [0.4, 0.5) is 0 Å². The lowest BCUT2D eigenvalue weighted by atomic mass is 10.0. The zero-order chi connectivity index (χ0) is 25.3. The fourth-order valence-corrected chi connectivity index (χ4v) is 3.73. The smallest absolute Gasteiger partial charge is 0.326 e. The van der Waals surface area contributed by atoms with Crippen molar-refractivity contribution in [2.75, 3.05) is 18.6 Å². The number of thioether (sulfide) groups is 1. The summed E-state index contributed by atoms with van der Waals surface area (Å²) in [4.78, 5) is 52.4. The summed E-state index contributed by atoms with van der Waals surface area (Å²) in [5, 5.41) is 26.8. The number of amides is 3. The van der Waals surface area contributed by atoms with Crippen LogP contribution in [-0.4, -0.2) is 81.7 Å². The van der Waals surface area contributed by atoms with Crippen LogP contribution < -0.4 is 21.7 Å². The van der Waals surface area contributed by atoms with Crippen LogP contribution in [0.3, 0.4) is 0 Å². The molecule has 1 aromatic heterocycles. The number of aliphatic hydroxyl groups is 1. The highest BCUT2D eigenvalue weighted by Gasteiger charge is 2.29. The second kappa shape index (κ2) is 13.0. The lowest BCUT2D eigenvalue weighted by molar-refractivity contribution is -0.142. The first-order valence-electron chi connectivity index (χ1n) is 10.7. The van der Waals surface area contributed by atoms with E-state index in [0.29, 0.717) is 5.75 Å². The van der Waals surface area contributed by atoms with E-state index in [1.54, 1.807) is 6.20 Å². The molecule has 34 heavy (non-hydrogen) atoms. The van der Waals surface area contributed by atoms with Gasteiger partial charge in [0.15, 0.2) is 0 Å². The Labute approximate surface area is 201 Å². The SMILES string of the molecule is CSCCC(NC(=O)C(Cc1c[nH]c2ccccc12)NC(=O)C(C)NC(=O)C(N)CO)C(=O)O. The highest BCUT2D eigenvalue weighted by molar-refractivity contribution is 7.98. The Morgan fingerprint density at radius 3 is 2.38 bits per heavy atom. The van der Waals surface area contributed by atoms with Crippen LogP contribution in [-0.2, 0) is 25.6 Å². The van der Waals surface area contributed by atoms with Gasteiger partial charge >= 0.3 is 5.97 Å². The molecular weight excluding hydrogens is 462 g/mol. The Hall–Kier alpha value is -3.09. The van der Waals surface area contributed by atoms with Gasteiger partial charge in [0.05, 0.1) is 6.61 Å². The minimum atomic E-state index is -1.19. The highest BCUT2D eigenvalue weighted by atomic mass is 32.2. The fourth-order valence-electron chi connectivity index (χ4n) is 3.26. The molecule has 12 heteroatoms. The Morgan fingerprint density at radius 2 is 1.74 bits per heavy atom. The molecule has 0 radical (unpaired) electrons. The largest absolute Gasteiger partial charge is 0.480 e. The predicted molar refractivity (Wildman–Crippen MR) is 129 cm³/mol. The normalized spacial score (nSPS) is 14.6. The number of hydrogen-bond acceptors (Lipinski definition) is 7. The lowest BCUT2D eigenvalue weighted by Crippen LogP contribution is -2.57. The molecule has 186 valence electrons. The Kier molecular flexibility index (Phi) is 10.4. The molecule has 0 fully saturated rings. The van der Waals surface area contributed by atoms with Crippen molar-refractivity contribution in [1.29, 1.82) is 0 Å². The molecule has 3 amide bonds. The molecule has 0 bridgehead atoms. The van der Waals surface area contributed by atoms with Crippen molar-refractivity contribution in [2.45, 2.75) is 43.9 Å². The molecule has 0 saturated heterocycles. The minimum Gasteiger partial charge on any atom is -0.480 e. The van der Waals surface area contributed by atoms with E-state index in [2.05, 4.69) is 20.9 Å². The van der Waals surface area contributed by atoms with E-state index in [0.717, 1.165) is 16.5 Å². The van der Waals surface area contributed by atoms with E-state index in [1.807, 2.05) is 30.5 Å². The summed E-state index contributed by atoms with van der Waals surface area (Å²) in [6.45, 7) is 0.828. The molecule has 11 nitrogen and oxygen atoms in total. The van der Waals surface area contributed by atoms with Crippen LogP contribution in [0, 0.1) is 0 Å². The van der Waals surface area contributed by atoms with E-state index >= 15 is 0 Å². The van der Waals surface area contributed by atoms with Crippen LogP contribution in [0.5, 0.6) is 0 Å². The number of carbonyl (C=O) groups is 4. The number of rotatable bonds is 13. The maximum atomic E-state index is 13.1. The molecule has 2 rings (SSSR count). The first-order valence-corrected chi connectivity index (χ1v) is 12.1. The van der Waals surface area contributed by atoms with Crippen molar-refractivity contribution in [3.05, 3.63) is 36.0 Å². The number of para-hydroxylation sites is 1. The third-order valence-corrected chi connectivity index (χ3v) is 5.89. The number of carboxylic acids is 1. The van der Waals surface area contributed by atoms with Gasteiger partial charge in [-0.25, -0.2) is 4.79 Å². The molecule has 0 saturated carbocycles. The van der Waals surface area contributed by atoms with Crippen molar-refractivity contribution in [2.24, 2.45) is 5.73 Å². The number of nitrogens with two attached hydrogens (primary N) is 1. The van der Waals surface area contributed by atoms with Crippen molar-refractivity contribution in [1.82, 2.24) is 20.9 Å². The number of hydrogen-bond donors (Lipinski definition) is 7. The van der Waals surface area contributed by atoms with Crippen LogP contribution in [0.15, 0.2) is 30.5 Å². The summed E-state index contributed by atoms with van der Waals surface area (Å²) < 4.78 is 0. The van der Waals surface area contributed by atoms with Crippen LogP contribution in [0.25, 0.3) is 10.9 Å². The molecule has 0 spiro atoms. The number of aromatic amines is 1. The number of aliphatic hydroxyl groups excluding tert-OH is 1. The average Bonchev–Trinajstić information content (AvgIpc) is 3.22. The summed E-state index contributed by atoms with van der Waals surface area (Å²) >= 11 is 1.46. The summed E-state index contributed by atoms with van der Waals surface area (Å²) in [5.41, 5.74) is 7.07. The topological polar surface area (TPSA) is 187 Å². The van der Waals surface area contributed by atoms with E-state index < -0.39 is 54.5 Å². The summed E-state index contributed by atoms with van der Waals surface area (Å²) in [7, 11) is 0. The minimum absolute atomic E-state index is 0.0905. The lowest BCUT2D eigenvalue weighted by Gasteiger charge is -2.23. The van der Waals surface area contributed by atoms with Crippen LogP contribution in [0.2, 0.25) is 0 Å². The Bertz CT molecular complexity index is 1010. The molecule has 0 aliphatic rings. The van der Waals surface area contributed by atoms with E-state index in [1.165, 1.54) is 18.7 Å². The highest BCUT2D eigenvalue weighted by Crippen LogP contribution is 2.19. The number of nitrogens with one attached hydrogen (secondary N) is 4. The summed E-state index contributed by atoms with van der Waals surface area (Å²) in [5.74, 6) is -2.67. The molecule has 4 unspecified atom stereocenters. The van der Waals surface area contributed by atoms with E-state index in [9.17, 15) is 24.3 Å². The van der Waals surface area contributed by atoms with E-state index in [-0.39, 0.29) is 12.8 Å². The Balaban J connectivity index is 2.22. The van der Waals surface area contributed by atoms with Gasteiger partial charge in [0.2, 0.25) is 17.7 Å². The van der Waals surface area contributed by atoms with E-state index in [4.69, 9.17) is 10.8 Å². The van der Waals surface area contributed by atoms with Crippen LogP contribution in [0.1, 0.15) is 18.9 Å². The quantitative estimate of drug-likeness (QED) is 0.192. The standard InChI is InChI=1S/C22H31N5O6S/c1-12(25-20(30)15(23)11-28)19(29)27-18(21(31)26-17(22(32)33)7-8-34-2)9-13-10-24-16-6-4-3-5-14(13)16/h3-6,10,12,15,17-18,24,28H,7-9,11,23H2,1-2H3,(H,25,30)(H,26,31)(H,27,29)(H,32,33). The fraction of sp³-hybridized carbons (Fsp3) is 0.455. The number of aromatic nitrogens is 1. The van der Waals surface area contributed by atoms with Gasteiger partial charge in [-0.2, -0.15) is 11.8 Å². The Morgan fingerprint density at radius 1 is 1.06 bits per heavy atom. The monoisotopic (exact) mass is 493 g/mol. The van der Waals surface area contributed by atoms with Gasteiger partial charge < -0.3 is 36.9 Å². The first-order chi connectivity index (χ1) is 16.2. The van der Waals surface area contributed by atoms with Gasteiger partial charge in [0, 0.05) is 23.5 Å². The maximum absolute atomic E-state index is 13.1. The van der Waals surface area contributed by atoms with Gasteiger partial charge in [-0.3, -0.25) is 14.4 Å². The number of H-pyrrole nitrogens is 1. The summed E-state index contributed by atoms with van der Waals surface area (Å²) in [6, 6.07) is 3.00. The zero-order valence-electron chi connectivity index (χ0n) is 19.0. The number of fused-ring (bicyclic) bond motifs is 1. The second-order valence-electron chi connectivity index (χ2n) is 7.83. The van der Waals surface area contributed by atoms with Gasteiger partial charge in [0.25, 0.3) is 0 Å². The third kappa shape index (κ3) is 7.47. The van der Waals surface area contributed by atoms with Crippen molar-refractivity contribution in [3.8, 4) is 0 Å². The summed E-state index contributed by atoms with van der Waals surface area (Å²) in [6.07, 6.45) is 3.87. The molecule has 2 aromatic rings. The van der Waals surface area contributed by atoms with Gasteiger partial charge in [0.1, 0.15) is 24.2 Å². The molecule has 0 aliphatic carbocycles. The molecule has 8 N–H and O–H groups in total. The number of carboxylic acid groups (broad SMARTS) is 1.